The van der Waals surface area contributed by atoms with Crippen LogP contribution in [0.4, 0.5) is 5.82 Å². The van der Waals surface area contributed by atoms with Crippen LogP contribution in [0, 0.1) is 0 Å². The maximum Gasteiger partial charge on any atom is 0.150 e. The van der Waals surface area contributed by atoms with E-state index in [1.807, 2.05) is 0 Å². The summed E-state index contributed by atoms with van der Waals surface area (Å²) in [6, 6.07) is 2.19. The molecule has 1 aliphatic heterocycles. The Hall–Kier alpha value is -0.990. The summed E-state index contributed by atoms with van der Waals surface area (Å²) in [5.74, 6) is 1.68. The second-order valence-electron chi connectivity index (χ2n) is 4.38. The summed E-state index contributed by atoms with van der Waals surface area (Å²) in [6.07, 6.45) is 3.99. The van der Waals surface area contributed by atoms with E-state index in [1.54, 1.807) is 0 Å². The molecule has 2 rings (SSSR count). The molecule has 1 aromatic rings. The Kier molecular flexibility index (Phi) is 2.75. The average Bonchev–Trinajstić information content (AvgIpc) is 2.68. The number of anilines is 1. The summed E-state index contributed by atoms with van der Waals surface area (Å²) >= 11 is 0. The molecule has 3 heteroatoms. The lowest BCUT2D eigenvalue weighted by Gasteiger charge is -2.26. The van der Waals surface area contributed by atoms with Gasteiger partial charge in [-0.05, 0) is 25.2 Å². The highest BCUT2D eigenvalue weighted by Gasteiger charge is 2.14. The fraction of sp³-hybridized carbons (Fsp3) is 0.727. The Morgan fingerprint density at radius 2 is 2.00 bits per heavy atom. The van der Waals surface area contributed by atoms with E-state index in [9.17, 15) is 0 Å². The average molecular weight is 193 g/mol. The Morgan fingerprint density at radius 1 is 1.29 bits per heavy atom. The van der Waals surface area contributed by atoms with Crippen LogP contribution in [-0.2, 0) is 0 Å². The molecule has 0 spiro atoms. The number of rotatable bonds is 2. The Bertz CT molecular complexity index is 284. The molecule has 0 saturated carbocycles. The molecule has 0 aliphatic carbocycles. The van der Waals surface area contributed by atoms with E-state index in [-0.39, 0.29) is 0 Å². The summed E-state index contributed by atoms with van der Waals surface area (Å²) in [5, 5.41) is 7.47. The standard InChI is InChI=1S/C11H19N3/c1-9(2)10-8-11(13-12-10)14-6-4-3-5-7-14/h8-9H,3-7H2,1-2H3,(H,12,13). The molecule has 0 aromatic carbocycles. The van der Waals surface area contributed by atoms with Gasteiger partial charge in [0.05, 0.1) is 0 Å². The van der Waals surface area contributed by atoms with E-state index in [4.69, 9.17) is 0 Å². The van der Waals surface area contributed by atoms with Crippen molar-refractivity contribution >= 4 is 5.82 Å². The van der Waals surface area contributed by atoms with Gasteiger partial charge in [0.2, 0.25) is 0 Å². The van der Waals surface area contributed by atoms with E-state index >= 15 is 0 Å². The maximum absolute atomic E-state index is 4.36. The molecule has 14 heavy (non-hydrogen) atoms. The molecule has 0 bridgehead atoms. The van der Waals surface area contributed by atoms with Crippen LogP contribution in [0.15, 0.2) is 6.07 Å². The first kappa shape index (κ1) is 9.56. The highest BCUT2D eigenvalue weighted by atomic mass is 15.3. The molecule has 1 aromatic heterocycles. The van der Waals surface area contributed by atoms with E-state index < -0.39 is 0 Å². The third-order valence-electron chi connectivity index (χ3n) is 2.89. The first-order valence-electron chi connectivity index (χ1n) is 5.57. The van der Waals surface area contributed by atoms with Crippen molar-refractivity contribution in [2.75, 3.05) is 18.0 Å². The van der Waals surface area contributed by atoms with Crippen molar-refractivity contribution in [3.05, 3.63) is 11.8 Å². The number of hydrogen-bond acceptors (Lipinski definition) is 2. The number of nitrogens with one attached hydrogen (secondary N) is 1. The van der Waals surface area contributed by atoms with Gasteiger partial charge in [0.15, 0.2) is 5.82 Å². The van der Waals surface area contributed by atoms with Gasteiger partial charge in [-0.1, -0.05) is 13.8 Å². The van der Waals surface area contributed by atoms with Gasteiger partial charge >= 0.3 is 0 Å². The smallest absolute Gasteiger partial charge is 0.150 e. The van der Waals surface area contributed by atoms with Crippen molar-refractivity contribution in [3.8, 4) is 0 Å². The summed E-state index contributed by atoms with van der Waals surface area (Å²) < 4.78 is 0. The molecule has 0 radical (unpaired) electrons. The van der Waals surface area contributed by atoms with Crippen molar-refractivity contribution in [2.24, 2.45) is 0 Å². The van der Waals surface area contributed by atoms with Crippen LogP contribution >= 0.6 is 0 Å². The minimum absolute atomic E-state index is 0.543. The first-order chi connectivity index (χ1) is 6.77. The van der Waals surface area contributed by atoms with Crippen LogP contribution in [0.3, 0.4) is 0 Å². The summed E-state index contributed by atoms with van der Waals surface area (Å²) in [5.41, 5.74) is 1.24. The lowest BCUT2D eigenvalue weighted by atomic mass is 10.1. The van der Waals surface area contributed by atoms with Crippen molar-refractivity contribution in [1.82, 2.24) is 10.2 Å². The van der Waals surface area contributed by atoms with Gasteiger partial charge in [-0.2, -0.15) is 5.10 Å². The molecule has 1 N–H and O–H groups in total. The topological polar surface area (TPSA) is 31.9 Å². The van der Waals surface area contributed by atoms with E-state index in [1.165, 1.54) is 38.0 Å². The van der Waals surface area contributed by atoms with Crippen LogP contribution in [0.5, 0.6) is 0 Å². The molecule has 2 heterocycles. The Labute approximate surface area is 85.5 Å². The van der Waals surface area contributed by atoms with Gasteiger partial charge in [-0.15, -0.1) is 0 Å². The van der Waals surface area contributed by atoms with Crippen LogP contribution in [0.2, 0.25) is 0 Å². The third kappa shape index (κ3) is 1.91. The van der Waals surface area contributed by atoms with E-state index in [0.29, 0.717) is 5.92 Å². The molecule has 0 atom stereocenters. The third-order valence-corrected chi connectivity index (χ3v) is 2.89. The maximum atomic E-state index is 4.36. The SMILES string of the molecule is CC(C)c1cc(N2CCCCC2)n[nH]1. The Morgan fingerprint density at radius 3 is 2.57 bits per heavy atom. The quantitative estimate of drug-likeness (QED) is 0.782. The zero-order valence-electron chi connectivity index (χ0n) is 9.08. The molecular formula is C11H19N3. The molecule has 1 saturated heterocycles. The normalized spacial score (nSPS) is 17.8. The number of H-pyrrole nitrogens is 1. The number of nitrogens with zero attached hydrogens (tertiary/aromatic N) is 2. The molecule has 1 fully saturated rings. The summed E-state index contributed by atoms with van der Waals surface area (Å²) in [6.45, 7) is 6.71. The van der Waals surface area contributed by atoms with Crippen LogP contribution < -0.4 is 4.90 Å². The number of aromatic nitrogens is 2. The molecule has 0 unspecified atom stereocenters. The summed E-state index contributed by atoms with van der Waals surface area (Å²) in [7, 11) is 0. The van der Waals surface area contributed by atoms with Gasteiger partial charge in [0.25, 0.3) is 0 Å². The zero-order valence-corrected chi connectivity index (χ0v) is 9.08. The first-order valence-corrected chi connectivity index (χ1v) is 5.57. The monoisotopic (exact) mass is 193 g/mol. The highest BCUT2D eigenvalue weighted by molar-refractivity contribution is 5.40. The number of hydrogen-bond donors (Lipinski definition) is 1. The lowest BCUT2D eigenvalue weighted by molar-refractivity contribution is 0.573. The van der Waals surface area contributed by atoms with Gasteiger partial charge in [0, 0.05) is 24.8 Å². The molecule has 0 amide bonds. The van der Waals surface area contributed by atoms with Crippen molar-refractivity contribution in [1.29, 1.82) is 0 Å². The van der Waals surface area contributed by atoms with Gasteiger partial charge < -0.3 is 4.90 Å². The van der Waals surface area contributed by atoms with Gasteiger partial charge in [0.1, 0.15) is 0 Å². The lowest BCUT2D eigenvalue weighted by Crippen LogP contribution is -2.29. The van der Waals surface area contributed by atoms with E-state index in [2.05, 4.69) is 35.0 Å². The molecule has 78 valence electrons. The fourth-order valence-corrected chi connectivity index (χ4v) is 1.91. The predicted octanol–water partition coefficient (Wildman–Crippen LogP) is 2.52. The second-order valence-corrected chi connectivity index (χ2v) is 4.38. The summed E-state index contributed by atoms with van der Waals surface area (Å²) in [4.78, 5) is 2.38. The highest BCUT2D eigenvalue weighted by Crippen LogP contribution is 2.21. The van der Waals surface area contributed by atoms with Crippen LogP contribution in [0.25, 0.3) is 0 Å². The minimum Gasteiger partial charge on any atom is -0.355 e. The number of aromatic amines is 1. The van der Waals surface area contributed by atoms with Crippen LogP contribution in [-0.4, -0.2) is 23.3 Å². The second kappa shape index (κ2) is 4.03. The molecule has 1 aliphatic rings. The van der Waals surface area contributed by atoms with Gasteiger partial charge in [-0.3, -0.25) is 5.10 Å². The molecule has 3 nitrogen and oxygen atoms in total. The zero-order chi connectivity index (χ0) is 9.97. The van der Waals surface area contributed by atoms with Crippen LogP contribution in [0.1, 0.15) is 44.7 Å². The molecular weight excluding hydrogens is 174 g/mol. The number of piperidine rings is 1. The van der Waals surface area contributed by atoms with Crippen molar-refractivity contribution in [3.63, 3.8) is 0 Å². The fourth-order valence-electron chi connectivity index (χ4n) is 1.91. The van der Waals surface area contributed by atoms with Crippen molar-refractivity contribution in [2.45, 2.75) is 39.0 Å². The van der Waals surface area contributed by atoms with Crippen molar-refractivity contribution < 1.29 is 0 Å². The minimum atomic E-state index is 0.543. The van der Waals surface area contributed by atoms with E-state index in [0.717, 1.165) is 5.82 Å². The Balaban J connectivity index is 2.07. The largest absolute Gasteiger partial charge is 0.355 e. The predicted molar refractivity (Wildman–Crippen MR) is 58.7 cm³/mol. The van der Waals surface area contributed by atoms with Gasteiger partial charge in [-0.25, -0.2) is 0 Å².